The van der Waals surface area contributed by atoms with E-state index >= 15 is 0 Å². The Labute approximate surface area is 112 Å². The van der Waals surface area contributed by atoms with E-state index in [1.165, 1.54) is 5.56 Å². The standard InChI is InChI=1S/C17H14O2/c1-12-6-8-13(9-7-12)10-15-11-14-4-2-3-5-16(14)19-17(15)18/h2-10H,11H2,1H3/b15-10+. The van der Waals surface area contributed by atoms with Crippen LogP contribution in [0.3, 0.4) is 0 Å². The van der Waals surface area contributed by atoms with Crippen molar-refractivity contribution in [1.29, 1.82) is 0 Å². The van der Waals surface area contributed by atoms with Gasteiger partial charge in [0.1, 0.15) is 5.75 Å². The van der Waals surface area contributed by atoms with Gasteiger partial charge in [-0.25, -0.2) is 4.79 Å². The number of ether oxygens (including phenoxy) is 1. The Kier molecular flexibility index (Phi) is 2.92. The van der Waals surface area contributed by atoms with Gasteiger partial charge >= 0.3 is 5.97 Å². The molecule has 1 heterocycles. The second-order valence-electron chi connectivity index (χ2n) is 4.75. The van der Waals surface area contributed by atoms with Gasteiger partial charge in [-0.3, -0.25) is 0 Å². The lowest BCUT2D eigenvalue weighted by Gasteiger charge is -2.17. The average molecular weight is 250 g/mol. The summed E-state index contributed by atoms with van der Waals surface area (Å²) < 4.78 is 5.33. The zero-order valence-corrected chi connectivity index (χ0v) is 10.7. The monoisotopic (exact) mass is 250 g/mol. The number of carbonyl (C=O) groups is 1. The molecule has 2 nitrogen and oxygen atoms in total. The molecule has 94 valence electrons. The highest BCUT2D eigenvalue weighted by atomic mass is 16.5. The average Bonchev–Trinajstić information content (AvgIpc) is 2.42. The quantitative estimate of drug-likeness (QED) is 0.439. The Hall–Kier alpha value is -2.35. The van der Waals surface area contributed by atoms with Gasteiger partial charge in [-0.2, -0.15) is 0 Å². The number of carbonyl (C=O) groups excluding carboxylic acids is 1. The SMILES string of the molecule is Cc1ccc(/C=C2\Cc3ccccc3OC2=O)cc1. The molecule has 0 unspecified atom stereocenters. The molecule has 0 aromatic heterocycles. The zero-order chi connectivity index (χ0) is 13.2. The zero-order valence-electron chi connectivity index (χ0n) is 10.7. The van der Waals surface area contributed by atoms with Gasteiger partial charge in [0.25, 0.3) is 0 Å². The Morgan fingerprint density at radius 3 is 2.58 bits per heavy atom. The molecule has 0 amide bonds. The summed E-state index contributed by atoms with van der Waals surface area (Å²) in [5.74, 6) is 0.424. The lowest BCUT2D eigenvalue weighted by atomic mass is 9.99. The maximum Gasteiger partial charge on any atom is 0.339 e. The molecule has 3 rings (SSSR count). The highest BCUT2D eigenvalue weighted by Crippen LogP contribution is 2.28. The van der Waals surface area contributed by atoms with Crippen molar-refractivity contribution in [3.8, 4) is 5.75 Å². The summed E-state index contributed by atoms with van der Waals surface area (Å²) >= 11 is 0. The van der Waals surface area contributed by atoms with Crippen LogP contribution in [0.25, 0.3) is 6.08 Å². The first kappa shape index (κ1) is 11.7. The van der Waals surface area contributed by atoms with E-state index < -0.39 is 0 Å². The van der Waals surface area contributed by atoms with Gasteiger partial charge < -0.3 is 4.74 Å². The minimum absolute atomic E-state index is 0.251. The van der Waals surface area contributed by atoms with Crippen molar-refractivity contribution in [2.24, 2.45) is 0 Å². The van der Waals surface area contributed by atoms with Crippen LogP contribution >= 0.6 is 0 Å². The molecular weight excluding hydrogens is 236 g/mol. The van der Waals surface area contributed by atoms with Gasteiger partial charge in [-0.1, -0.05) is 48.0 Å². The summed E-state index contributed by atoms with van der Waals surface area (Å²) in [7, 11) is 0. The largest absolute Gasteiger partial charge is 0.423 e. The van der Waals surface area contributed by atoms with E-state index in [-0.39, 0.29) is 5.97 Å². The van der Waals surface area contributed by atoms with Gasteiger partial charge in [-0.15, -0.1) is 0 Å². The topological polar surface area (TPSA) is 26.3 Å². The third-order valence-corrected chi connectivity index (χ3v) is 3.24. The Balaban J connectivity index is 1.94. The molecule has 2 aromatic carbocycles. The molecule has 0 radical (unpaired) electrons. The number of fused-ring (bicyclic) bond motifs is 1. The van der Waals surface area contributed by atoms with Crippen LogP contribution < -0.4 is 4.74 Å². The van der Waals surface area contributed by atoms with Crippen LogP contribution in [0.2, 0.25) is 0 Å². The van der Waals surface area contributed by atoms with E-state index in [0.29, 0.717) is 17.7 Å². The van der Waals surface area contributed by atoms with Crippen LogP contribution in [0.1, 0.15) is 16.7 Å². The number of benzene rings is 2. The number of esters is 1. The van der Waals surface area contributed by atoms with Crippen LogP contribution in [0.5, 0.6) is 5.75 Å². The van der Waals surface area contributed by atoms with Crippen LogP contribution in [-0.4, -0.2) is 5.97 Å². The predicted octanol–water partition coefficient (Wildman–Crippen LogP) is 3.54. The lowest BCUT2D eigenvalue weighted by Crippen LogP contribution is -2.19. The van der Waals surface area contributed by atoms with E-state index in [4.69, 9.17) is 4.74 Å². The highest BCUT2D eigenvalue weighted by molar-refractivity contribution is 5.97. The van der Waals surface area contributed by atoms with Gasteiger partial charge in [0, 0.05) is 12.0 Å². The molecule has 1 aliphatic heterocycles. The molecule has 0 N–H and O–H groups in total. The highest BCUT2D eigenvalue weighted by Gasteiger charge is 2.21. The summed E-state index contributed by atoms with van der Waals surface area (Å²) in [6.45, 7) is 2.04. The maximum atomic E-state index is 11.9. The van der Waals surface area contributed by atoms with Crippen molar-refractivity contribution in [2.45, 2.75) is 13.3 Å². The first-order chi connectivity index (χ1) is 9.22. The number of hydrogen-bond acceptors (Lipinski definition) is 2. The molecule has 0 spiro atoms. The van der Waals surface area contributed by atoms with Crippen LogP contribution in [-0.2, 0) is 11.2 Å². The first-order valence-corrected chi connectivity index (χ1v) is 6.30. The van der Waals surface area contributed by atoms with Crippen LogP contribution in [0.4, 0.5) is 0 Å². The van der Waals surface area contributed by atoms with Crippen molar-refractivity contribution in [3.05, 3.63) is 70.8 Å². The minimum Gasteiger partial charge on any atom is -0.423 e. The van der Waals surface area contributed by atoms with E-state index in [1.54, 1.807) is 0 Å². The van der Waals surface area contributed by atoms with Crippen molar-refractivity contribution in [3.63, 3.8) is 0 Å². The molecular formula is C17H14O2. The molecule has 2 aromatic rings. The Morgan fingerprint density at radius 2 is 1.79 bits per heavy atom. The minimum atomic E-state index is -0.251. The summed E-state index contributed by atoms with van der Waals surface area (Å²) in [4.78, 5) is 11.9. The van der Waals surface area contributed by atoms with E-state index in [2.05, 4.69) is 0 Å². The van der Waals surface area contributed by atoms with Crippen molar-refractivity contribution in [1.82, 2.24) is 0 Å². The number of rotatable bonds is 1. The van der Waals surface area contributed by atoms with Gasteiger partial charge in [-0.05, 0) is 30.2 Å². The fourth-order valence-corrected chi connectivity index (χ4v) is 2.17. The van der Waals surface area contributed by atoms with Gasteiger partial charge in [0.2, 0.25) is 0 Å². The second-order valence-corrected chi connectivity index (χ2v) is 4.75. The van der Waals surface area contributed by atoms with E-state index in [9.17, 15) is 4.79 Å². The second kappa shape index (κ2) is 4.73. The van der Waals surface area contributed by atoms with Crippen molar-refractivity contribution in [2.75, 3.05) is 0 Å². The molecule has 1 aliphatic rings. The fraction of sp³-hybridized carbons (Fsp3) is 0.118. The van der Waals surface area contributed by atoms with Crippen molar-refractivity contribution < 1.29 is 9.53 Å². The number of hydrogen-bond donors (Lipinski definition) is 0. The first-order valence-electron chi connectivity index (χ1n) is 6.30. The molecule has 0 atom stereocenters. The summed E-state index contributed by atoms with van der Waals surface area (Å²) in [5.41, 5.74) is 3.98. The summed E-state index contributed by atoms with van der Waals surface area (Å²) in [5, 5.41) is 0. The Bertz CT molecular complexity index is 651. The van der Waals surface area contributed by atoms with Gasteiger partial charge in [0.05, 0.1) is 0 Å². The number of aryl methyl sites for hydroxylation is 1. The van der Waals surface area contributed by atoms with E-state index in [1.807, 2.05) is 61.5 Å². The third-order valence-electron chi connectivity index (χ3n) is 3.24. The molecule has 19 heavy (non-hydrogen) atoms. The smallest absolute Gasteiger partial charge is 0.339 e. The fourth-order valence-electron chi connectivity index (χ4n) is 2.17. The maximum absolute atomic E-state index is 11.9. The normalized spacial score (nSPS) is 16.1. The molecule has 0 fully saturated rings. The molecule has 0 saturated carbocycles. The van der Waals surface area contributed by atoms with Gasteiger partial charge in [0.15, 0.2) is 0 Å². The summed E-state index contributed by atoms with van der Waals surface area (Å²) in [6, 6.07) is 15.7. The molecule has 0 saturated heterocycles. The van der Waals surface area contributed by atoms with Crippen molar-refractivity contribution >= 4 is 12.0 Å². The molecule has 2 heteroatoms. The van der Waals surface area contributed by atoms with Crippen LogP contribution in [0.15, 0.2) is 54.1 Å². The number of para-hydroxylation sites is 1. The molecule has 0 bridgehead atoms. The van der Waals surface area contributed by atoms with E-state index in [0.717, 1.165) is 11.1 Å². The summed E-state index contributed by atoms with van der Waals surface area (Å²) in [6.07, 6.45) is 2.53. The molecule has 0 aliphatic carbocycles. The third kappa shape index (κ3) is 2.43. The lowest BCUT2D eigenvalue weighted by molar-refractivity contribution is -0.130. The Morgan fingerprint density at radius 1 is 1.05 bits per heavy atom. The van der Waals surface area contributed by atoms with Crippen LogP contribution in [0, 0.1) is 6.92 Å². The predicted molar refractivity (Wildman–Crippen MR) is 74.9 cm³/mol.